The number of hydrogen-bond donors (Lipinski definition) is 0. The van der Waals surface area contributed by atoms with Gasteiger partial charge in [0.1, 0.15) is 35.4 Å². The van der Waals surface area contributed by atoms with Crippen molar-refractivity contribution >= 4 is 16.0 Å². The van der Waals surface area contributed by atoms with E-state index in [1.165, 1.54) is 29.6 Å². The summed E-state index contributed by atoms with van der Waals surface area (Å²) in [6.07, 6.45) is 0. The molecule has 0 radical (unpaired) electrons. The van der Waals surface area contributed by atoms with Crippen molar-refractivity contribution in [1.82, 2.24) is 4.31 Å². The van der Waals surface area contributed by atoms with E-state index in [2.05, 4.69) is 0 Å². The molecule has 0 fully saturated rings. The molecule has 9 heteroatoms. The third-order valence-electron chi connectivity index (χ3n) is 4.44. The Kier molecular flexibility index (Phi) is 9.14. The van der Waals surface area contributed by atoms with Crippen LogP contribution < -0.4 is 14.2 Å². The monoisotopic (exact) mass is 451 g/mol. The quantitative estimate of drug-likeness (QED) is 0.361. The average molecular weight is 452 g/mol. The highest BCUT2D eigenvalue weighted by Gasteiger charge is 2.27. The van der Waals surface area contributed by atoms with Crippen LogP contribution in [0.25, 0.3) is 0 Å². The predicted octanol–water partition coefficient (Wildman–Crippen LogP) is 3.36. The van der Waals surface area contributed by atoms with Gasteiger partial charge in [-0.1, -0.05) is 13.8 Å². The topological polar surface area (TPSA) is 91.4 Å². The second kappa shape index (κ2) is 11.6. The second-order valence-electron chi connectivity index (χ2n) is 6.34. The maximum atomic E-state index is 12.9. The molecule has 2 aromatic rings. The molecule has 170 valence electrons. The first-order chi connectivity index (χ1) is 14.9. The minimum absolute atomic E-state index is 0.0101. The summed E-state index contributed by atoms with van der Waals surface area (Å²) in [5.74, 6) is 0.893. The molecule has 0 amide bonds. The van der Waals surface area contributed by atoms with Gasteiger partial charge in [0.15, 0.2) is 0 Å². The first kappa shape index (κ1) is 24.5. The van der Waals surface area contributed by atoms with Crippen molar-refractivity contribution in [1.29, 1.82) is 0 Å². The minimum Gasteiger partial charge on any atom is -0.495 e. The SMILES string of the molecule is CCOc1ccc(OCCOC(=O)c2ccc(OC)c(S(=O)(=O)N(CC)CC)c2)cc1. The first-order valence-corrected chi connectivity index (χ1v) is 11.5. The van der Waals surface area contributed by atoms with E-state index in [4.69, 9.17) is 18.9 Å². The number of rotatable bonds is 12. The highest BCUT2D eigenvalue weighted by molar-refractivity contribution is 7.89. The molecule has 2 rings (SSSR count). The van der Waals surface area contributed by atoms with Crippen molar-refractivity contribution in [3.05, 3.63) is 48.0 Å². The van der Waals surface area contributed by atoms with Crippen molar-refractivity contribution in [2.75, 3.05) is 40.0 Å². The molecule has 0 atom stereocenters. The Morgan fingerprint density at radius 2 is 1.52 bits per heavy atom. The molecule has 31 heavy (non-hydrogen) atoms. The lowest BCUT2D eigenvalue weighted by atomic mass is 10.2. The molecule has 0 N–H and O–H groups in total. The van der Waals surface area contributed by atoms with Gasteiger partial charge in [-0.2, -0.15) is 4.31 Å². The fourth-order valence-corrected chi connectivity index (χ4v) is 4.52. The van der Waals surface area contributed by atoms with Crippen LogP contribution in [0.3, 0.4) is 0 Å². The van der Waals surface area contributed by atoms with Crippen LogP contribution in [0.1, 0.15) is 31.1 Å². The smallest absolute Gasteiger partial charge is 0.338 e. The molecule has 2 aromatic carbocycles. The summed E-state index contributed by atoms with van der Waals surface area (Å²) < 4.78 is 48.4. The van der Waals surface area contributed by atoms with Crippen molar-refractivity contribution in [2.24, 2.45) is 0 Å². The van der Waals surface area contributed by atoms with Crippen LogP contribution in [0.5, 0.6) is 17.2 Å². The maximum absolute atomic E-state index is 12.9. The fraction of sp³-hybridized carbons (Fsp3) is 0.409. The minimum atomic E-state index is -3.80. The summed E-state index contributed by atoms with van der Waals surface area (Å²) in [6, 6.07) is 11.3. The Bertz CT molecular complexity index is 954. The third-order valence-corrected chi connectivity index (χ3v) is 6.51. The van der Waals surface area contributed by atoms with Crippen LogP contribution >= 0.6 is 0 Å². The van der Waals surface area contributed by atoms with E-state index in [0.29, 0.717) is 25.4 Å². The van der Waals surface area contributed by atoms with Crippen molar-refractivity contribution in [2.45, 2.75) is 25.7 Å². The van der Waals surface area contributed by atoms with Gasteiger partial charge in [-0.15, -0.1) is 0 Å². The lowest BCUT2D eigenvalue weighted by molar-refractivity contribution is 0.0450. The van der Waals surface area contributed by atoms with Crippen LogP contribution in [0.2, 0.25) is 0 Å². The zero-order valence-corrected chi connectivity index (χ0v) is 19.1. The molecular formula is C22H29NO7S. The fourth-order valence-electron chi connectivity index (χ4n) is 2.88. The third kappa shape index (κ3) is 6.35. The zero-order chi connectivity index (χ0) is 22.9. The van der Waals surface area contributed by atoms with E-state index in [-0.39, 0.29) is 29.4 Å². The second-order valence-corrected chi connectivity index (χ2v) is 8.25. The standard InChI is InChI=1S/C22H29NO7S/c1-5-23(6-2)31(25,26)21-16-17(8-13-20(21)27-4)22(24)30-15-14-29-19-11-9-18(10-12-19)28-7-3/h8-13,16H,5-7,14-15H2,1-4H3. The van der Waals surface area contributed by atoms with E-state index in [1.807, 2.05) is 6.92 Å². The van der Waals surface area contributed by atoms with E-state index in [1.54, 1.807) is 38.1 Å². The summed E-state index contributed by atoms with van der Waals surface area (Å²) in [4.78, 5) is 12.3. The number of carbonyl (C=O) groups is 1. The van der Waals surface area contributed by atoms with Crippen LogP contribution in [0.15, 0.2) is 47.4 Å². The van der Waals surface area contributed by atoms with Crippen molar-refractivity contribution < 1.29 is 32.2 Å². The number of esters is 1. The molecule has 0 saturated heterocycles. The molecule has 0 saturated carbocycles. The van der Waals surface area contributed by atoms with Gasteiger partial charge in [0.05, 0.1) is 19.3 Å². The molecule has 0 bridgehead atoms. The number of carbonyl (C=O) groups excluding carboxylic acids is 1. The Hall–Kier alpha value is -2.78. The summed E-state index contributed by atoms with van der Waals surface area (Å²) >= 11 is 0. The molecule has 0 spiro atoms. The van der Waals surface area contributed by atoms with Crippen molar-refractivity contribution in [3.63, 3.8) is 0 Å². The summed E-state index contributed by atoms with van der Waals surface area (Å²) in [6.45, 7) is 6.75. The number of nitrogens with zero attached hydrogens (tertiary/aromatic N) is 1. The van der Waals surface area contributed by atoms with Crippen LogP contribution in [0, 0.1) is 0 Å². The van der Waals surface area contributed by atoms with Crippen LogP contribution in [-0.4, -0.2) is 58.7 Å². The van der Waals surface area contributed by atoms with E-state index < -0.39 is 16.0 Å². The summed E-state index contributed by atoms with van der Waals surface area (Å²) in [5, 5.41) is 0. The highest BCUT2D eigenvalue weighted by atomic mass is 32.2. The largest absolute Gasteiger partial charge is 0.495 e. The number of hydrogen-bond acceptors (Lipinski definition) is 7. The van der Waals surface area contributed by atoms with Gasteiger partial charge in [-0.05, 0) is 49.4 Å². The predicted molar refractivity (Wildman–Crippen MR) is 116 cm³/mol. The molecule has 8 nitrogen and oxygen atoms in total. The molecule has 0 heterocycles. The van der Waals surface area contributed by atoms with Crippen LogP contribution in [-0.2, 0) is 14.8 Å². The van der Waals surface area contributed by atoms with E-state index in [0.717, 1.165) is 5.75 Å². The number of ether oxygens (including phenoxy) is 4. The maximum Gasteiger partial charge on any atom is 0.338 e. The first-order valence-electron chi connectivity index (χ1n) is 10.1. The van der Waals surface area contributed by atoms with E-state index >= 15 is 0 Å². The molecule has 0 aromatic heterocycles. The molecule has 0 aliphatic carbocycles. The molecular weight excluding hydrogens is 422 g/mol. The Balaban J connectivity index is 2.02. The molecule has 0 aliphatic heterocycles. The normalized spacial score (nSPS) is 11.3. The van der Waals surface area contributed by atoms with Gasteiger partial charge in [-0.3, -0.25) is 0 Å². The van der Waals surface area contributed by atoms with Crippen LogP contribution in [0.4, 0.5) is 0 Å². The van der Waals surface area contributed by atoms with Gasteiger partial charge in [-0.25, -0.2) is 13.2 Å². The Labute approximate surface area is 183 Å². The average Bonchev–Trinajstić information content (AvgIpc) is 2.78. The zero-order valence-electron chi connectivity index (χ0n) is 18.3. The van der Waals surface area contributed by atoms with Gasteiger partial charge < -0.3 is 18.9 Å². The Morgan fingerprint density at radius 3 is 2.06 bits per heavy atom. The van der Waals surface area contributed by atoms with Gasteiger partial charge in [0, 0.05) is 13.1 Å². The van der Waals surface area contributed by atoms with Gasteiger partial charge in [0.2, 0.25) is 10.0 Å². The highest BCUT2D eigenvalue weighted by Crippen LogP contribution is 2.28. The lowest BCUT2D eigenvalue weighted by Crippen LogP contribution is -2.31. The van der Waals surface area contributed by atoms with Gasteiger partial charge >= 0.3 is 5.97 Å². The number of benzene rings is 2. The van der Waals surface area contributed by atoms with E-state index in [9.17, 15) is 13.2 Å². The number of sulfonamides is 1. The molecule has 0 unspecified atom stereocenters. The Morgan fingerprint density at radius 1 is 0.903 bits per heavy atom. The lowest BCUT2D eigenvalue weighted by Gasteiger charge is -2.20. The van der Waals surface area contributed by atoms with Gasteiger partial charge in [0.25, 0.3) is 0 Å². The van der Waals surface area contributed by atoms with Crippen molar-refractivity contribution in [3.8, 4) is 17.2 Å². The summed E-state index contributed by atoms with van der Waals surface area (Å²) in [5.41, 5.74) is 0.118. The molecule has 0 aliphatic rings. The summed E-state index contributed by atoms with van der Waals surface area (Å²) in [7, 11) is -2.42. The number of methoxy groups -OCH3 is 1.